The fourth-order valence-corrected chi connectivity index (χ4v) is 5.38. The maximum Gasteiger partial charge on any atom is 0.240 e. The first-order chi connectivity index (χ1) is 12.2. The van der Waals surface area contributed by atoms with Crippen molar-refractivity contribution in [3.63, 3.8) is 0 Å². The molecule has 0 radical (unpaired) electrons. The number of halogens is 2. The number of carbonyl (C=O) groups excluding carboxylic acids is 1. The highest BCUT2D eigenvalue weighted by Crippen LogP contribution is 2.30. The summed E-state index contributed by atoms with van der Waals surface area (Å²) in [6, 6.07) is 9.64. The van der Waals surface area contributed by atoms with Gasteiger partial charge in [-0.2, -0.15) is 0 Å². The molecule has 0 aromatic heterocycles. The van der Waals surface area contributed by atoms with E-state index in [0.29, 0.717) is 17.9 Å². The first-order valence-corrected chi connectivity index (χ1v) is 10.8. The topological polar surface area (TPSA) is 35.6 Å². The Morgan fingerprint density at radius 1 is 1.11 bits per heavy atom. The van der Waals surface area contributed by atoms with Gasteiger partial charge in [-0.15, -0.1) is 36.6 Å². The minimum absolute atomic E-state index is 0. The van der Waals surface area contributed by atoms with Gasteiger partial charge in [0.2, 0.25) is 5.91 Å². The zero-order chi connectivity index (χ0) is 17.2. The van der Waals surface area contributed by atoms with Gasteiger partial charge in [0.05, 0.1) is 11.9 Å². The minimum Gasteiger partial charge on any atom is -0.331 e. The number of carbonyl (C=O) groups is 1. The van der Waals surface area contributed by atoms with Gasteiger partial charge in [-0.25, -0.2) is 0 Å². The van der Waals surface area contributed by atoms with E-state index in [1.54, 1.807) is 0 Å². The third-order valence-corrected chi connectivity index (χ3v) is 7.03. The second-order valence-electron chi connectivity index (χ2n) is 7.71. The van der Waals surface area contributed by atoms with Crippen LogP contribution in [-0.4, -0.2) is 65.6 Å². The Hall–Kier alpha value is -0.460. The summed E-state index contributed by atoms with van der Waals surface area (Å²) in [5, 5.41) is 3.49. The van der Waals surface area contributed by atoms with Gasteiger partial charge in [0.1, 0.15) is 0 Å². The lowest BCUT2D eigenvalue weighted by Gasteiger charge is -2.36. The quantitative estimate of drug-likeness (QED) is 0.795. The van der Waals surface area contributed by atoms with Crippen molar-refractivity contribution in [2.75, 3.05) is 37.8 Å². The minimum atomic E-state index is 0. The van der Waals surface area contributed by atoms with E-state index >= 15 is 0 Å². The highest BCUT2D eigenvalue weighted by molar-refractivity contribution is 7.99. The third kappa shape index (κ3) is 5.33. The smallest absolute Gasteiger partial charge is 0.240 e. The lowest BCUT2D eigenvalue weighted by molar-refractivity contribution is -0.131. The zero-order valence-corrected chi connectivity index (χ0v) is 18.4. The average Bonchev–Trinajstić information content (AvgIpc) is 3.34. The van der Waals surface area contributed by atoms with E-state index < -0.39 is 0 Å². The van der Waals surface area contributed by atoms with Crippen molar-refractivity contribution >= 4 is 42.5 Å². The molecule has 1 aromatic carbocycles. The van der Waals surface area contributed by atoms with Gasteiger partial charge in [-0.05, 0) is 50.8 Å². The molecule has 3 heterocycles. The van der Waals surface area contributed by atoms with Crippen LogP contribution in [0.4, 0.5) is 0 Å². The van der Waals surface area contributed by atoms with Crippen LogP contribution in [0.3, 0.4) is 0 Å². The van der Waals surface area contributed by atoms with Gasteiger partial charge in [0.15, 0.2) is 0 Å². The van der Waals surface area contributed by atoms with Crippen LogP contribution in [-0.2, 0) is 4.79 Å². The van der Waals surface area contributed by atoms with Gasteiger partial charge in [-0.1, -0.05) is 29.8 Å². The van der Waals surface area contributed by atoms with Gasteiger partial charge in [0.25, 0.3) is 0 Å². The van der Waals surface area contributed by atoms with E-state index in [2.05, 4.69) is 41.4 Å². The van der Waals surface area contributed by atoms with Gasteiger partial charge in [0, 0.05) is 24.9 Å². The zero-order valence-electron chi connectivity index (χ0n) is 15.9. The number of hydrogen-bond acceptors (Lipinski definition) is 4. The van der Waals surface area contributed by atoms with Crippen molar-refractivity contribution in [3.05, 3.63) is 35.4 Å². The molecule has 4 rings (SSSR count). The summed E-state index contributed by atoms with van der Waals surface area (Å²) >= 11 is 1.86. The SMILES string of the molecule is Cc1ccc(C2CCN([C@@H]3CN[C@H](C(=O)N4CCSC4)C3)CC2)cc1.Cl.Cl. The number of piperidine rings is 1. The van der Waals surface area contributed by atoms with E-state index in [9.17, 15) is 4.79 Å². The molecular formula is C20H31Cl2N3OS. The van der Waals surface area contributed by atoms with Crippen molar-refractivity contribution in [2.45, 2.75) is 44.2 Å². The second kappa shape index (κ2) is 10.4. The van der Waals surface area contributed by atoms with Gasteiger partial charge in [-0.3, -0.25) is 9.69 Å². The van der Waals surface area contributed by atoms with Crippen LogP contribution in [0.15, 0.2) is 24.3 Å². The molecule has 0 unspecified atom stereocenters. The molecule has 0 saturated carbocycles. The van der Waals surface area contributed by atoms with Crippen molar-refractivity contribution in [2.24, 2.45) is 0 Å². The number of likely N-dealkylation sites (tertiary alicyclic amines) is 1. The highest BCUT2D eigenvalue weighted by atomic mass is 35.5. The molecule has 3 saturated heterocycles. The fourth-order valence-electron chi connectivity index (χ4n) is 4.43. The molecule has 0 spiro atoms. The van der Waals surface area contributed by atoms with Crippen molar-refractivity contribution < 1.29 is 4.79 Å². The number of benzene rings is 1. The van der Waals surface area contributed by atoms with E-state index in [-0.39, 0.29) is 30.9 Å². The molecule has 0 aliphatic carbocycles. The predicted molar refractivity (Wildman–Crippen MR) is 118 cm³/mol. The Morgan fingerprint density at radius 2 is 1.81 bits per heavy atom. The number of hydrogen-bond donors (Lipinski definition) is 1. The molecule has 0 bridgehead atoms. The Balaban J connectivity index is 0.00000131. The highest BCUT2D eigenvalue weighted by Gasteiger charge is 2.36. The van der Waals surface area contributed by atoms with Crippen LogP contribution < -0.4 is 5.32 Å². The van der Waals surface area contributed by atoms with E-state index in [4.69, 9.17) is 0 Å². The monoisotopic (exact) mass is 431 g/mol. The van der Waals surface area contributed by atoms with Crippen LogP contribution >= 0.6 is 36.6 Å². The van der Waals surface area contributed by atoms with E-state index in [1.165, 1.54) is 24.0 Å². The molecule has 3 aliphatic rings. The first kappa shape index (κ1) is 22.8. The molecule has 1 N–H and O–H groups in total. The number of aryl methyl sites for hydroxylation is 1. The summed E-state index contributed by atoms with van der Waals surface area (Å²) in [6.07, 6.45) is 3.46. The van der Waals surface area contributed by atoms with Crippen LogP contribution in [0.2, 0.25) is 0 Å². The molecule has 1 amide bonds. The molecule has 152 valence electrons. The maximum atomic E-state index is 12.6. The first-order valence-electron chi connectivity index (χ1n) is 9.61. The summed E-state index contributed by atoms with van der Waals surface area (Å²) in [7, 11) is 0. The molecule has 4 nitrogen and oxygen atoms in total. The van der Waals surface area contributed by atoms with Gasteiger partial charge < -0.3 is 10.2 Å². The second-order valence-corrected chi connectivity index (χ2v) is 8.79. The van der Waals surface area contributed by atoms with Crippen molar-refractivity contribution in [1.82, 2.24) is 15.1 Å². The van der Waals surface area contributed by atoms with Gasteiger partial charge >= 0.3 is 0 Å². The third-order valence-electron chi connectivity index (χ3n) is 6.06. The van der Waals surface area contributed by atoms with Crippen molar-refractivity contribution in [3.8, 4) is 0 Å². The number of rotatable bonds is 3. The Morgan fingerprint density at radius 3 is 2.44 bits per heavy atom. The fraction of sp³-hybridized carbons (Fsp3) is 0.650. The average molecular weight is 432 g/mol. The molecule has 2 atom stereocenters. The summed E-state index contributed by atoms with van der Waals surface area (Å²) in [5.41, 5.74) is 2.83. The molecule has 27 heavy (non-hydrogen) atoms. The molecule has 1 aromatic rings. The maximum absolute atomic E-state index is 12.6. The molecule has 3 fully saturated rings. The number of nitrogens with zero attached hydrogens (tertiary/aromatic N) is 2. The van der Waals surface area contributed by atoms with Crippen molar-refractivity contribution in [1.29, 1.82) is 0 Å². The lowest BCUT2D eigenvalue weighted by atomic mass is 9.88. The molecule has 7 heteroatoms. The van der Waals surface area contributed by atoms with E-state index in [0.717, 1.165) is 44.2 Å². The number of thioether (sulfide) groups is 1. The lowest BCUT2D eigenvalue weighted by Crippen LogP contribution is -2.42. The molecule has 3 aliphatic heterocycles. The Bertz CT molecular complexity index is 602. The summed E-state index contributed by atoms with van der Waals surface area (Å²) < 4.78 is 0. The Labute approximate surface area is 179 Å². The summed E-state index contributed by atoms with van der Waals surface area (Å²) in [5.74, 6) is 2.99. The number of nitrogens with one attached hydrogen (secondary N) is 1. The van der Waals surface area contributed by atoms with Crippen LogP contribution in [0.1, 0.15) is 36.3 Å². The largest absolute Gasteiger partial charge is 0.331 e. The predicted octanol–water partition coefficient (Wildman–Crippen LogP) is 3.28. The summed E-state index contributed by atoms with van der Waals surface area (Å²) in [4.78, 5) is 17.2. The summed E-state index contributed by atoms with van der Waals surface area (Å²) in [6.45, 7) is 6.36. The Kier molecular flexibility index (Phi) is 8.75. The molecular weight excluding hydrogens is 401 g/mol. The van der Waals surface area contributed by atoms with Crippen LogP contribution in [0, 0.1) is 6.92 Å². The van der Waals surface area contributed by atoms with Crippen LogP contribution in [0.5, 0.6) is 0 Å². The van der Waals surface area contributed by atoms with E-state index in [1.807, 2.05) is 16.7 Å². The van der Waals surface area contributed by atoms with Crippen LogP contribution in [0.25, 0.3) is 0 Å². The standard InChI is InChI=1S/C20H29N3OS.2ClH/c1-15-2-4-16(5-3-15)17-6-8-22(9-7-17)18-12-19(21-13-18)20(24)23-10-11-25-14-23;;/h2-5,17-19,21H,6-14H2,1H3;2*1H/t18-,19-;;/m0../s1. The normalized spacial score (nSPS) is 26.5. The number of amides is 1.